The lowest BCUT2D eigenvalue weighted by Crippen LogP contribution is -2.51. The van der Waals surface area contributed by atoms with E-state index in [1.54, 1.807) is 0 Å². The second-order valence-electron chi connectivity index (χ2n) is 8.24. The van der Waals surface area contributed by atoms with E-state index in [9.17, 15) is 0 Å². The van der Waals surface area contributed by atoms with Crippen LogP contribution in [0.25, 0.3) is 0 Å². The van der Waals surface area contributed by atoms with Crippen LogP contribution in [0.3, 0.4) is 0 Å². The molecule has 0 bridgehead atoms. The first-order valence-corrected chi connectivity index (χ1v) is 8.65. The van der Waals surface area contributed by atoms with Crippen molar-refractivity contribution in [3.63, 3.8) is 0 Å². The molecule has 0 amide bonds. The molecule has 1 rings (SSSR count). The van der Waals surface area contributed by atoms with Crippen LogP contribution in [0, 0.1) is 11.3 Å². The molecule has 0 aromatic rings. The van der Waals surface area contributed by atoms with Crippen LogP contribution >= 0.6 is 0 Å². The van der Waals surface area contributed by atoms with Gasteiger partial charge in [-0.15, -0.1) is 0 Å². The van der Waals surface area contributed by atoms with Crippen molar-refractivity contribution in [3.8, 4) is 0 Å². The molecule has 0 radical (unpaired) electrons. The van der Waals surface area contributed by atoms with Crippen molar-refractivity contribution < 1.29 is 0 Å². The molecule has 1 aliphatic rings. The molecule has 0 saturated heterocycles. The summed E-state index contributed by atoms with van der Waals surface area (Å²) >= 11 is 0. The molecule has 0 atom stereocenters. The first kappa shape index (κ1) is 18.0. The van der Waals surface area contributed by atoms with E-state index >= 15 is 0 Å². The molecule has 2 heteroatoms. The Hall–Kier alpha value is -0.0800. The monoisotopic (exact) mass is 282 g/mol. The van der Waals surface area contributed by atoms with E-state index in [4.69, 9.17) is 0 Å². The van der Waals surface area contributed by atoms with Crippen LogP contribution in [0.2, 0.25) is 0 Å². The second-order valence-corrected chi connectivity index (χ2v) is 8.24. The van der Waals surface area contributed by atoms with Gasteiger partial charge < -0.3 is 10.2 Å². The Kier molecular flexibility index (Phi) is 6.53. The molecule has 0 aliphatic heterocycles. The van der Waals surface area contributed by atoms with Crippen LogP contribution < -0.4 is 5.32 Å². The highest BCUT2D eigenvalue weighted by molar-refractivity contribution is 4.92. The van der Waals surface area contributed by atoms with Crippen molar-refractivity contribution in [1.82, 2.24) is 10.2 Å². The lowest BCUT2D eigenvalue weighted by atomic mass is 9.70. The second kappa shape index (κ2) is 7.26. The van der Waals surface area contributed by atoms with Gasteiger partial charge in [0.1, 0.15) is 0 Å². The maximum atomic E-state index is 3.72. The minimum absolute atomic E-state index is 0.313. The molecule has 0 aromatic heterocycles. The normalized spacial score (nSPS) is 28.4. The van der Waals surface area contributed by atoms with Gasteiger partial charge in [-0.2, -0.15) is 0 Å². The summed E-state index contributed by atoms with van der Waals surface area (Å²) in [6, 6.07) is 0.593. The average molecular weight is 283 g/mol. The van der Waals surface area contributed by atoms with Crippen molar-refractivity contribution in [1.29, 1.82) is 0 Å². The molecule has 0 unspecified atom stereocenters. The van der Waals surface area contributed by atoms with E-state index in [0.29, 0.717) is 17.0 Å². The first-order chi connectivity index (χ1) is 9.21. The SMILES string of the molecule is CCC(C)(C)N(C)CC1(CNC(C)C)CCC(C)CC1. The summed E-state index contributed by atoms with van der Waals surface area (Å²) in [5, 5.41) is 3.72. The van der Waals surface area contributed by atoms with Gasteiger partial charge in [0.15, 0.2) is 0 Å². The zero-order valence-electron chi connectivity index (χ0n) is 15.1. The van der Waals surface area contributed by atoms with Crippen LogP contribution in [0.15, 0.2) is 0 Å². The summed E-state index contributed by atoms with van der Waals surface area (Å²) in [6.07, 6.45) is 6.80. The number of nitrogens with zero attached hydrogens (tertiary/aromatic N) is 1. The summed E-state index contributed by atoms with van der Waals surface area (Å²) < 4.78 is 0. The van der Waals surface area contributed by atoms with E-state index in [-0.39, 0.29) is 0 Å². The topological polar surface area (TPSA) is 15.3 Å². The van der Waals surface area contributed by atoms with E-state index in [1.165, 1.54) is 45.2 Å². The van der Waals surface area contributed by atoms with Gasteiger partial charge in [-0.1, -0.05) is 40.5 Å². The summed E-state index contributed by atoms with van der Waals surface area (Å²) in [5.41, 5.74) is 0.797. The highest BCUT2D eigenvalue weighted by atomic mass is 15.2. The van der Waals surface area contributed by atoms with Crippen molar-refractivity contribution in [2.24, 2.45) is 11.3 Å². The molecule has 20 heavy (non-hydrogen) atoms. The standard InChI is InChI=1S/C18H38N2/c1-8-17(5,6)20(7)14-18(13-19-15(2)3)11-9-16(4)10-12-18/h15-16,19H,8-14H2,1-7H3. The Morgan fingerprint density at radius 3 is 2.25 bits per heavy atom. The van der Waals surface area contributed by atoms with Crippen LogP contribution in [-0.4, -0.2) is 36.6 Å². The average Bonchev–Trinajstić information content (AvgIpc) is 2.39. The molecule has 1 saturated carbocycles. The Morgan fingerprint density at radius 1 is 1.25 bits per heavy atom. The summed E-state index contributed by atoms with van der Waals surface area (Å²) in [6.45, 7) is 16.4. The van der Waals surface area contributed by atoms with Crippen molar-refractivity contribution in [2.75, 3.05) is 20.1 Å². The van der Waals surface area contributed by atoms with Gasteiger partial charge in [-0.05, 0) is 51.5 Å². The van der Waals surface area contributed by atoms with Gasteiger partial charge in [0.2, 0.25) is 0 Å². The molecule has 0 heterocycles. The molecule has 1 aliphatic carbocycles. The minimum Gasteiger partial charge on any atom is -0.314 e. The quantitative estimate of drug-likeness (QED) is 0.749. The Morgan fingerprint density at radius 2 is 1.80 bits per heavy atom. The molecule has 2 nitrogen and oxygen atoms in total. The van der Waals surface area contributed by atoms with Gasteiger partial charge >= 0.3 is 0 Å². The van der Waals surface area contributed by atoms with Crippen molar-refractivity contribution in [3.05, 3.63) is 0 Å². The van der Waals surface area contributed by atoms with Crippen LogP contribution in [0.1, 0.15) is 73.6 Å². The number of hydrogen-bond donors (Lipinski definition) is 1. The van der Waals surface area contributed by atoms with Crippen molar-refractivity contribution >= 4 is 0 Å². The minimum atomic E-state index is 0.313. The van der Waals surface area contributed by atoms with E-state index in [1.807, 2.05) is 0 Å². The summed E-state index contributed by atoms with van der Waals surface area (Å²) in [7, 11) is 2.32. The highest BCUT2D eigenvalue weighted by Gasteiger charge is 2.37. The molecule has 1 N–H and O–H groups in total. The van der Waals surface area contributed by atoms with E-state index < -0.39 is 0 Å². The predicted octanol–water partition coefficient (Wildman–Crippen LogP) is 4.30. The fraction of sp³-hybridized carbons (Fsp3) is 1.00. The molecular weight excluding hydrogens is 244 g/mol. The smallest absolute Gasteiger partial charge is 0.0147 e. The van der Waals surface area contributed by atoms with Crippen LogP contribution in [-0.2, 0) is 0 Å². The number of nitrogens with one attached hydrogen (secondary N) is 1. The highest BCUT2D eigenvalue weighted by Crippen LogP contribution is 2.40. The molecular formula is C18H38N2. The fourth-order valence-corrected chi connectivity index (χ4v) is 3.17. The molecule has 0 aromatic carbocycles. The Balaban J connectivity index is 2.72. The summed E-state index contributed by atoms with van der Waals surface area (Å²) in [4.78, 5) is 2.60. The number of hydrogen-bond acceptors (Lipinski definition) is 2. The maximum Gasteiger partial charge on any atom is 0.0147 e. The maximum absolute atomic E-state index is 3.72. The zero-order chi connectivity index (χ0) is 15.4. The molecule has 120 valence electrons. The van der Waals surface area contributed by atoms with Crippen LogP contribution in [0.4, 0.5) is 0 Å². The van der Waals surface area contributed by atoms with Gasteiger partial charge in [-0.25, -0.2) is 0 Å². The van der Waals surface area contributed by atoms with Gasteiger partial charge in [0.05, 0.1) is 0 Å². The van der Waals surface area contributed by atoms with E-state index in [2.05, 4.69) is 58.8 Å². The third-order valence-electron chi connectivity index (χ3n) is 5.69. The molecule has 1 fully saturated rings. The lowest BCUT2D eigenvalue weighted by molar-refractivity contribution is 0.0459. The van der Waals surface area contributed by atoms with Crippen LogP contribution in [0.5, 0.6) is 0 Å². The first-order valence-electron chi connectivity index (χ1n) is 8.65. The zero-order valence-corrected chi connectivity index (χ0v) is 15.1. The van der Waals surface area contributed by atoms with Gasteiger partial charge in [0, 0.05) is 24.7 Å². The summed E-state index contributed by atoms with van der Waals surface area (Å²) in [5.74, 6) is 0.923. The third-order valence-corrected chi connectivity index (χ3v) is 5.69. The van der Waals surface area contributed by atoms with Gasteiger partial charge in [-0.3, -0.25) is 0 Å². The molecule has 0 spiro atoms. The predicted molar refractivity (Wildman–Crippen MR) is 90.2 cm³/mol. The Labute approximate surface area is 127 Å². The van der Waals surface area contributed by atoms with Crippen molar-refractivity contribution in [2.45, 2.75) is 85.2 Å². The largest absolute Gasteiger partial charge is 0.314 e. The number of rotatable bonds is 7. The van der Waals surface area contributed by atoms with Gasteiger partial charge in [0.25, 0.3) is 0 Å². The lowest BCUT2D eigenvalue weighted by Gasteiger charge is -2.46. The van der Waals surface area contributed by atoms with E-state index in [0.717, 1.165) is 5.92 Å². The third kappa shape index (κ3) is 5.04. The fourth-order valence-electron chi connectivity index (χ4n) is 3.17. The Bertz CT molecular complexity index is 275.